The standard InChI is InChI=1S/C9H9N3O/c1-6(5-13)9-7-2-3-10-4-8(7)11-12-9/h2-6H,1H3,(H,11,12). The molecule has 0 spiro atoms. The Morgan fingerprint density at radius 3 is 3.23 bits per heavy atom. The minimum absolute atomic E-state index is 0.170. The Balaban J connectivity index is 2.64. The fourth-order valence-electron chi connectivity index (χ4n) is 1.30. The molecule has 0 saturated heterocycles. The lowest BCUT2D eigenvalue weighted by Gasteiger charge is -1.97. The van der Waals surface area contributed by atoms with Crippen LogP contribution in [0.1, 0.15) is 18.5 Å². The number of aromatic amines is 1. The first-order valence-corrected chi connectivity index (χ1v) is 4.06. The van der Waals surface area contributed by atoms with Gasteiger partial charge in [0.15, 0.2) is 0 Å². The molecule has 1 unspecified atom stereocenters. The summed E-state index contributed by atoms with van der Waals surface area (Å²) in [6.07, 6.45) is 4.28. The molecule has 0 radical (unpaired) electrons. The van der Waals surface area contributed by atoms with Crippen LogP contribution in [0.5, 0.6) is 0 Å². The number of hydrogen-bond acceptors (Lipinski definition) is 3. The second kappa shape index (κ2) is 2.97. The number of pyridine rings is 1. The third-order valence-corrected chi connectivity index (χ3v) is 2.03. The summed E-state index contributed by atoms with van der Waals surface area (Å²) in [4.78, 5) is 14.5. The van der Waals surface area contributed by atoms with Gasteiger partial charge in [0, 0.05) is 11.6 Å². The summed E-state index contributed by atoms with van der Waals surface area (Å²) in [5, 5.41) is 7.87. The molecule has 0 aliphatic rings. The molecule has 66 valence electrons. The molecule has 2 rings (SSSR count). The zero-order valence-corrected chi connectivity index (χ0v) is 7.19. The maximum Gasteiger partial charge on any atom is 0.128 e. The molecule has 0 aromatic carbocycles. The van der Waals surface area contributed by atoms with E-state index in [9.17, 15) is 4.79 Å². The van der Waals surface area contributed by atoms with E-state index in [-0.39, 0.29) is 5.92 Å². The topological polar surface area (TPSA) is 58.6 Å². The Labute approximate surface area is 75.0 Å². The summed E-state index contributed by atoms with van der Waals surface area (Å²) >= 11 is 0. The van der Waals surface area contributed by atoms with Crippen LogP contribution in [0.4, 0.5) is 0 Å². The SMILES string of the molecule is CC(C=O)c1n[nH]c2cnccc12. The van der Waals surface area contributed by atoms with E-state index in [2.05, 4.69) is 15.2 Å². The van der Waals surface area contributed by atoms with Gasteiger partial charge in [0.1, 0.15) is 6.29 Å². The molecule has 4 nitrogen and oxygen atoms in total. The van der Waals surface area contributed by atoms with Crippen molar-refractivity contribution in [3.05, 3.63) is 24.2 Å². The van der Waals surface area contributed by atoms with Crippen molar-refractivity contribution in [2.24, 2.45) is 0 Å². The van der Waals surface area contributed by atoms with Crippen LogP contribution >= 0.6 is 0 Å². The minimum Gasteiger partial charge on any atom is -0.303 e. The smallest absolute Gasteiger partial charge is 0.128 e. The van der Waals surface area contributed by atoms with Crippen LogP contribution in [0.25, 0.3) is 10.9 Å². The zero-order valence-electron chi connectivity index (χ0n) is 7.19. The highest BCUT2D eigenvalue weighted by Crippen LogP contribution is 2.20. The predicted octanol–water partition coefficient (Wildman–Crippen LogP) is 1.26. The molecule has 2 heterocycles. The van der Waals surface area contributed by atoms with Crippen molar-refractivity contribution >= 4 is 17.2 Å². The fourth-order valence-corrected chi connectivity index (χ4v) is 1.30. The van der Waals surface area contributed by atoms with E-state index in [0.29, 0.717) is 0 Å². The molecular formula is C9H9N3O. The number of hydrogen-bond donors (Lipinski definition) is 1. The molecule has 1 N–H and O–H groups in total. The summed E-state index contributed by atoms with van der Waals surface area (Å²) < 4.78 is 0. The average molecular weight is 175 g/mol. The third-order valence-electron chi connectivity index (χ3n) is 2.03. The van der Waals surface area contributed by atoms with Crippen LogP contribution in [0.2, 0.25) is 0 Å². The zero-order chi connectivity index (χ0) is 9.26. The van der Waals surface area contributed by atoms with Crippen LogP contribution in [0.15, 0.2) is 18.5 Å². The Hall–Kier alpha value is -1.71. The fraction of sp³-hybridized carbons (Fsp3) is 0.222. The number of aldehydes is 1. The van der Waals surface area contributed by atoms with Crippen molar-refractivity contribution in [3.63, 3.8) is 0 Å². The van der Waals surface area contributed by atoms with Gasteiger partial charge in [-0.2, -0.15) is 5.10 Å². The molecule has 0 bridgehead atoms. The molecule has 13 heavy (non-hydrogen) atoms. The van der Waals surface area contributed by atoms with Crippen molar-refractivity contribution in [3.8, 4) is 0 Å². The highest BCUT2D eigenvalue weighted by atomic mass is 16.1. The van der Waals surface area contributed by atoms with Crippen LogP contribution in [-0.4, -0.2) is 21.5 Å². The normalized spacial score (nSPS) is 13.0. The van der Waals surface area contributed by atoms with E-state index in [1.54, 1.807) is 12.4 Å². The van der Waals surface area contributed by atoms with Crippen molar-refractivity contribution in [2.45, 2.75) is 12.8 Å². The summed E-state index contributed by atoms with van der Waals surface area (Å²) in [6.45, 7) is 1.82. The molecule has 0 amide bonds. The van der Waals surface area contributed by atoms with Gasteiger partial charge in [0.2, 0.25) is 0 Å². The number of aromatic nitrogens is 3. The van der Waals surface area contributed by atoms with Gasteiger partial charge in [-0.15, -0.1) is 0 Å². The number of carbonyl (C=O) groups excluding carboxylic acids is 1. The summed E-state index contributed by atoms with van der Waals surface area (Å²) in [5.41, 5.74) is 1.65. The second-order valence-corrected chi connectivity index (χ2v) is 2.95. The molecule has 1 atom stereocenters. The van der Waals surface area contributed by atoms with Gasteiger partial charge in [0.05, 0.1) is 23.3 Å². The Morgan fingerprint density at radius 1 is 1.62 bits per heavy atom. The predicted molar refractivity (Wildman–Crippen MR) is 48.4 cm³/mol. The van der Waals surface area contributed by atoms with E-state index in [0.717, 1.165) is 22.9 Å². The second-order valence-electron chi connectivity index (χ2n) is 2.95. The maximum atomic E-state index is 10.6. The van der Waals surface area contributed by atoms with Gasteiger partial charge in [-0.3, -0.25) is 10.1 Å². The molecule has 0 aliphatic heterocycles. The molecule has 4 heteroatoms. The third kappa shape index (κ3) is 1.20. The van der Waals surface area contributed by atoms with Crippen molar-refractivity contribution in [2.75, 3.05) is 0 Å². The molecular weight excluding hydrogens is 166 g/mol. The highest BCUT2D eigenvalue weighted by Gasteiger charge is 2.11. The summed E-state index contributed by atoms with van der Waals surface area (Å²) in [7, 11) is 0. The number of nitrogens with one attached hydrogen (secondary N) is 1. The van der Waals surface area contributed by atoms with E-state index in [4.69, 9.17) is 0 Å². The molecule has 0 aliphatic carbocycles. The molecule has 2 aromatic heterocycles. The highest BCUT2D eigenvalue weighted by molar-refractivity contribution is 5.83. The van der Waals surface area contributed by atoms with Gasteiger partial charge >= 0.3 is 0 Å². The van der Waals surface area contributed by atoms with Crippen molar-refractivity contribution in [1.82, 2.24) is 15.2 Å². The Kier molecular flexibility index (Phi) is 1.81. The van der Waals surface area contributed by atoms with Gasteiger partial charge in [-0.05, 0) is 6.07 Å². The van der Waals surface area contributed by atoms with Gasteiger partial charge < -0.3 is 4.79 Å². The average Bonchev–Trinajstić information content (AvgIpc) is 2.60. The minimum atomic E-state index is -0.170. The summed E-state index contributed by atoms with van der Waals surface area (Å²) in [5.74, 6) is -0.170. The largest absolute Gasteiger partial charge is 0.303 e. The van der Waals surface area contributed by atoms with E-state index in [1.165, 1.54) is 0 Å². The Bertz CT molecular complexity index is 435. The lowest BCUT2D eigenvalue weighted by molar-refractivity contribution is -0.108. The number of rotatable bonds is 2. The number of fused-ring (bicyclic) bond motifs is 1. The van der Waals surface area contributed by atoms with E-state index >= 15 is 0 Å². The molecule has 0 saturated carbocycles. The van der Waals surface area contributed by atoms with Gasteiger partial charge in [-0.1, -0.05) is 6.92 Å². The molecule has 2 aromatic rings. The lowest BCUT2D eigenvalue weighted by Crippen LogP contribution is -1.94. The van der Waals surface area contributed by atoms with Gasteiger partial charge in [-0.25, -0.2) is 0 Å². The number of H-pyrrole nitrogens is 1. The van der Waals surface area contributed by atoms with E-state index in [1.807, 2.05) is 13.0 Å². The lowest BCUT2D eigenvalue weighted by atomic mass is 10.1. The maximum absolute atomic E-state index is 10.6. The Morgan fingerprint density at radius 2 is 2.46 bits per heavy atom. The van der Waals surface area contributed by atoms with E-state index < -0.39 is 0 Å². The summed E-state index contributed by atoms with van der Waals surface area (Å²) in [6, 6.07) is 1.86. The van der Waals surface area contributed by atoms with Crippen LogP contribution in [-0.2, 0) is 4.79 Å². The van der Waals surface area contributed by atoms with Crippen LogP contribution < -0.4 is 0 Å². The van der Waals surface area contributed by atoms with Gasteiger partial charge in [0.25, 0.3) is 0 Å². The van der Waals surface area contributed by atoms with Crippen LogP contribution in [0.3, 0.4) is 0 Å². The monoisotopic (exact) mass is 175 g/mol. The number of nitrogens with zero attached hydrogens (tertiary/aromatic N) is 2. The van der Waals surface area contributed by atoms with Crippen molar-refractivity contribution in [1.29, 1.82) is 0 Å². The first kappa shape index (κ1) is 7.91. The number of carbonyl (C=O) groups is 1. The van der Waals surface area contributed by atoms with Crippen LogP contribution in [0, 0.1) is 0 Å². The first-order valence-electron chi connectivity index (χ1n) is 4.06. The first-order chi connectivity index (χ1) is 6.33. The van der Waals surface area contributed by atoms with Crippen molar-refractivity contribution < 1.29 is 4.79 Å². The molecule has 0 fully saturated rings. The quantitative estimate of drug-likeness (QED) is 0.699.